The Balaban J connectivity index is 2.58. The number of hydrazine groups is 1. The fourth-order valence-electron chi connectivity index (χ4n) is 1.11. The summed E-state index contributed by atoms with van der Waals surface area (Å²) in [5.41, 5.74) is 5.17. The Bertz CT molecular complexity index is 371. The molecule has 0 unspecified atom stereocenters. The predicted molar refractivity (Wildman–Crippen MR) is 63.9 cm³/mol. The molecule has 0 saturated heterocycles. The highest BCUT2D eigenvalue weighted by atomic mass is 32.2. The van der Waals surface area contributed by atoms with Crippen molar-refractivity contribution in [2.75, 3.05) is 5.75 Å². The van der Waals surface area contributed by atoms with E-state index in [0.29, 0.717) is 17.3 Å². The summed E-state index contributed by atoms with van der Waals surface area (Å²) < 4.78 is 0. The van der Waals surface area contributed by atoms with Gasteiger partial charge in [0, 0.05) is 23.6 Å². The second kappa shape index (κ2) is 5.81. The van der Waals surface area contributed by atoms with Crippen molar-refractivity contribution in [3.63, 3.8) is 0 Å². The number of nitrogens with two attached hydrogens (primary N) is 1. The summed E-state index contributed by atoms with van der Waals surface area (Å²) in [4.78, 5) is 19.6. The average Bonchev–Trinajstić information content (AvgIpc) is 2.25. The van der Waals surface area contributed by atoms with Crippen molar-refractivity contribution in [2.24, 2.45) is 5.84 Å². The van der Waals surface area contributed by atoms with Gasteiger partial charge in [0.25, 0.3) is 0 Å². The number of aryl methyl sites for hydroxylation is 2. The zero-order valence-electron chi connectivity index (χ0n) is 9.70. The van der Waals surface area contributed by atoms with Gasteiger partial charge in [0.15, 0.2) is 5.16 Å². The van der Waals surface area contributed by atoms with Gasteiger partial charge >= 0.3 is 0 Å². The van der Waals surface area contributed by atoms with Gasteiger partial charge in [-0.1, -0.05) is 11.8 Å². The Hall–Kier alpha value is -1.14. The van der Waals surface area contributed by atoms with E-state index in [4.69, 9.17) is 5.84 Å². The van der Waals surface area contributed by atoms with Crippen molar-refractivity contribution in [3.8, 4) is 0 Å². The molecule has 0 fully saturated rings. The molecule has 16 heavy (non-hydrogen) atoms. The van der Waals surface area contributed by atoms with Gasteiger partial charge in [-0.15, -0.1) is 0 Å². The first-order chi connectivity index (χ1) is 7.54. The van der Waals surface area contributed by atoms with Crippen LogP contribution in [0.3, 0.4) is 0 Å². The molecule has 3 N–H and O–H groups in total. The van der Waals surface area contributed by atoms with E-state index in [1.165, 1.54) is 11.8 Å². The maximum absolute atomic E-state index is 10.9. The number of nitrogens with one attached hydrogen (secondary N) is 1. The van der Waals surface area contributed by atoms with Crippen LogP contribution in [0.25, 0.3) is 0 Å². The van der Waals surface area contributed by atoms with Gasteiger partial charge in [0.1, 0.15) is 0 Å². The largest absolute Gasteiger partial charge is 0.294 e. The molecule has 0 spiro atoms. The van der Waals surface area contributed by atoms with Gasteiger partial charge in [0.05, 0.1) is 0 Å². The molecular formula is C10H16N4OS. The number of rotatable bonds is 4. The van der Waals surface area contributed by atoms with Crippen LogP contribution in [-0.2, 0) is 4.79 Å². The zero-order valence-corrected chi connectivity index (χ0v) is 10.5. The molecule has 0 saturated carbocycles. The van der Waals surface area contributed by atoms with Crippen molar-refractivity contribution in [3.05, 3.63) is 17.0 Å². The molecule has 0 bridgehead atoms. The van der Waals surface area contributed by atoms with Crippen LogP contribution >= 0.6 is 11.8 Å². The Morgan fingerprint density at radius 2 is 1.88 bits per heavy atom. The molecule has 88 valence electrons. The van der Waals surface area contributed by atoms with Crippen LogP contribution in [0.4, 0.5) is 0 Å². The lowest BCUT2D eigenvalue weighted by Crippen LogP contribution is -2.30. The molecule has 1 aromatic heterocycles. The third-order valence-corrected chi connectivity index (χ3v) is 3.18. The Morgan fingerprint density at radius 1 is 1.31 bits per heavy atom. The van der Waals surface area contributed by atoms with Crippen LogP contribution in [0, 0.1) is 20.8 Å². The number of hydrogen-bond acceptors (Lipinski definition) is 5. The fourth-order valence-corrected chi connectivity index (χ4v) is 1.99. The van der Waals surface area contributed by atoms with Crippen LogP contribution in [-0.4, -0.2) is 21.6 Å². The molecule has 0 atom stereocenters. The van der Waals surface area contributed by atoms with Crippen molar-refractivity contribution in [1.82, 2.24) is 15.4 Å². The fraction of sp³-hybridized carbons (Fsp3) is 0.500. The van der Waals surface area contributed by atoms with Crippen molar-refractivity contribution in [1.29, 1.82) is 0 Å². The molecule has 5 nitrogen and oxygen atoms in total. The molecule has 0 aliphatic carbocycles. The first-order valence-electron chi connectivity index (χ1n) is 4.98. The summed E-state index contributed by atoms with van der Waals surface area (Å²) in [7, 11) is 0. The quantitative estimate of drug-likeness (QED) is 0.268. The number of amides is 1. The minimum atomic E-state index is -0.173. The number of carbonyl (C=O) groups is 1. The highest BCUT2D eigenvalue weighted by Gasteiger charge is 2.06. The van der Waals surface area contributed by atoms with Crippen LogP contribution in [0.1, 0.15) is 23.4 Å². The number of carbonyl (C=O) groups excluding carboxylic acids is 1. The monoisotopic (exact) mass is 240 g/mol. The minimum Gasteiger partial charge on any atom is -0.294 e. The van der Waals surface area contributed by atoms with E-state index in [2.05, 4.69) is 15.4 Å². The number of thioether (sulfide) groups is 1. The normalized spacial score (nSPS) is 10.2. The summed E-state index contributed by atoms with van der Waals surface area (Å²) in [6.45, 7) is 5.92. The second-order valence-corrected chi connectivity index (χ2v) is 4.53. The van der Waals surface area contributed by atoms with E-state index in [9.17, 15) is 4.79 Å². The SMILES string of the molecule is Cc1nc(SCCC(=O)NN)nc(C)c1C. The molecule has 1 heterocycles. The molecule has 0 aliphatic heterocycles. The van der Waals surface area contributed by atoms with Crippen molar-refractivity contribution in [2.45, 2.75) is 32.3 Å². The maximum Gasteiger partial charge on any atom is 0.234 e. The van der Waals surface area contributed by atoms with Gasteiger partial charge in [-0.2, -0.15) is 0 Å². The minimum absolute atomic E-state index is 0.173. The Labute approximate surface area is 99.2 Å². The van der Waals surface area contributed by atoms with E-state index >= 15 is 0 Å². The van der Waals surface area contributed by atoms with Crippen LogP contribution in [0.2, 0.25) is 0 Å². The molecule has 1 aromatic rings. The van der Waals surface area contributed by atoms with Crippen LogP contribution in [0.5, 0.6) is 0 Å². The third kappa shape index (κ3) is 3.46. The number of aromatic nitrogens is 2. The lowest BCUT2D eigenvalue weighted by Gasteiger charge is -2.06. The summed E-state index contributed by atoms with van der Waals surface area (Å²) in [6, 6.07) is 0. The molecule has 1 amide bonds. The van der Waals surface area contributed by atoms with E-state index in [-0.39, 0.29) is 5.91 Å². The second-order valence-electron chi connectivity index (χ2n) is 3.47. The maximum atomic E-state index is 10.9. The van der Waals surface area contributed by atoms with Crippen LogP contribution in [0.15, 0.2) is 5.16 Å². The van der Waals surface area contributed by atoms with Crippen molar-refractivity contribution < 1.29 is 4.79 Å². The average molecular weight is 240 g/mol. The van der Waals surface area contributed by atoms with E-state index < -0.39 is 0 Å². The van der Waals surface area contributed by atoms with E-state index in [1.807, 2.05) is 20.8 Å². The summed E-state index contributed by atoms with van der Waals surface area (Å²) in [6.07, 6.45) is 0.372. The zero-order chi connectivity index (χ0) is 12.1. The highest BCUT2D eigenvalue weighted by Crippen LogP contribution is 2.17. The topological polar surface area (TPSA) is 80.9 Å². The molecule has 1 rings (SSSR count). The highest BCUT2D eigenvalue weighted by molar-refractivity contribution is 7.99. The van der Waals surface area contributed by atoms with Crippen molar-refractivity contribution >= 4 is 17.7 Å². The summed E-state index contributed by atoms with van der Waals surface area (Å²) in [5.74, 6) is 5.44. The van der Waals surface area contributed by atoms with E-state index in [1.54, 1.807) is 0 Å². The number of hydrogen-bond donors (Lipinski definition) is 2. The Morgan fingerprint density at radius 3 is 2.38 bits per heavy atom. The first-order valence-corrected chi connectivity index (χ1v) is 5.97. The lowest BCUT2D eigenvalue weighted by atomic mass is 10.2. The lowest BCUT2D eigenvalue weighted by molar-refractivity contribution is -0.120. The smallest absolute Gasteiger partial charge is 0.234 e. The summed E-state index contributed by atoms with van der Waals surface area (Å²) >= 11 is 1.46. The molecule has 0 radical (unpaired) electrons. The molecular weight excluding hydrogens is 224 g/mol. The van der Waals surface area contributed by atoms with Gasteiger partial charge in [-0.05, 0) is 26.3 Å². The standard InChI is InChI=1S/C10H16N4OS/c1-6-7(2)12-10(13-8(6)3)16-5-4-9(15)14-11/h4-5,11H2,1-3H3,(H,14,15). The van der Waals surface area contributed by atoms with Gasteiger partial charge < -0.3 is 0 Å². The van der Waals surface area contributed by atoms with Gasteiger partial charge in [-0.25, -0.2) is 15.8 Å². The molecule has 0 aromatic carbocycles. The number of nitrogens with zero attached hydrogens (tertiary/aromatic N) is 2. The predicted octanol–water partition coefficient (Wildman–Crippen LogP) is 0.874. The molecule has 6 heteroatoms. The first kappa shape index (κ1) is 12.9. The summed E-state index contributed by atoms with van der Waals surface area (Å²) in [5, 5.41) is 0.713. The molecule has 0 aliphatic rings. The van der Waals surface area contributed by atoms with Gasteiger partial charge in [-0.3, -0.25) is 10.2 Å². The van der Waals surface area contributed by atoms with E-state index in [0.717, 1.165) is 17.0 Å². The third-order valence-electron chi connectivity index (χ3n) is 2.33. The Kier molecular flexibility index (Phi) is 4.70. The van der Waals surface area contributed by atoms with Crippen LogP contribution < -0.4 is 11.3 Å². The van der Waals surface area contributed by atoms with Gasteiger partial charge in [0.2, 0.25) is 5.91 Å².